The normalized spacial score (nSPS) is 8.29. The fourth-order valence-electron chi connectivity index (χ4n) is 0.0795. The SMILES string of the molecule is CC(=O)[O][Sn][O][Sn]. The summed E-state index contributed by atoms with van der Waals surface area (Å²) in [6, 6.07) is 0. The van der Waals surface area contributed by atoms with E-state index in [0.29, 0.717) is 0 Å². The molecule has 0 unspecified atom stereocenters. The molecule has 0 aliphatic carbocycles. The zero-order valence-corrected chi connectivity index (χ0v) is 9.43. The molecule has 0 aliphatic heterocycles. The molecule has 0 rings (SSSR count). The fourth-order valence-corrected chi connectivity index (χ4v) is 1.33. The van der Waals surface area contributed by atoms with E-state index in [2.05, 4.69) is 4.49 Å². The maximum atomic E-state index is 9.95. The van der Waals surface area contributed by atoms with Gasteiger partial charge in [0.2, 0.25) is 0 Å². The van der Waals surface area contributed by atoms with Gasteiger partial charge in [0.05, 0.1) is 0 Å². The summed E-state index contributed by atoms with van der Waals surface area (Å²) in [4.78, 5) is 9.95. The Kier molecular flexibility index (Phi) is 5.93. The third kappa shape index (κ3) is 7.03. The van der Waals surface area contributed by atoms with Gasteiger partial charge in [-0.1, -0.05) is 0 Å². The summed E-state index contributed by atoms with van der Waals surface area (Å²) in [5, 5.41) is 0. The number of hydrogen-bond donors (Lipinski definition) is 0. The van der Waals surface area contributed by atoms with E-state index in [1.165, 1.54) is 6.92 Å². The molecule has 0 fully saturated rings. The van der Waals surface area contributed by atoms with Crippen LogP contribution in [0.1, 0.15) is 6.92 Å². The van der Waals surface area contributed by atoms with E-state index in [1.54, 1.807) is 0 Å². The quantitative estimate of drug-likeness (QED) is 0.625. The van der Waals surface area contributed by atoms with Gasteiger partial charge in [-0.25, -0.2) is 0 Å². The molecule has 37 valence electrons. The van der Waals surface area contributed by atoms with Crippen molar-refractivity contribution in [2.24, 2.45) is 0 Å². The molecule has 0 aromatic carbocycles. The van der Waals surface area contributed by atoms with Crippen LogP contribution >= 0.6 is 0 Å². The fraction of sp³-hybridized carbons (Fsp3) is 0.500. The number of rotatable bonds is 2. The van der Waals surface area contributed by atoms with E-state index in [0.717, 1.165) is 22.9 Å². The summed E-state index contributed by atoms with van der Waals surface area (Å²) in [6.07, 6.45) is 0. The summed E-state index contributed by atoms with van der Waals surface area (Å²) in [5.41, 5.74) is 0. The second kappa shape index (κ2) is 5.17. The van der Waals surface area contributed by atoms with Gasteiger partial charge >= 0.3 is 67.1 Å². The van der Waals surface area contributed by atoms with Gasteiger partial charge in [0.15, 0.2) is 0 Å². The Balaban J connectivity index is 2.82. The van der Waals surface area contributed by atoms with Crippen LogP contribution in [0.5, 0.6) is 0 Å². The summed E-state index contributed by atoms with van der Waals surface area (Å²) in [5.74, 6) is -0.228. The third-order valence-corrected chi connectivity index (χ3v) is 3.12. The van der Waals surface area contributed by atoms with Gasteiger partial charge in [0, 0.05) is 0 Å². The maximum absolute atomic E-state index is 9.95. The topological polar surface area (TPSA) is 35.5 Å². The number of carbonyl (C=O) groups is 1. The van der Waals surface area contributed by atoms with Gasteiger partial charge in [-0.3, -0.25) is 0 Å². The first-order valence-electron chi connectivity index (χ1n) is 1.52. The average Bonchev–Trinajstić information content (AvgIpc) is 1.61. The Morgan fingerprint density at radius 1 is 1.86 bits per heavy atom. The van der Waals surface area contributed by atoms with Crippen molar-refractivity contribution in [2.45, 2.75) is 6.92 Å². The molecule has 0 saturated heterocycles. The van der Waals surface area contributed by atoms with Crippen molar-refractivity contribution in [2.75, 3.05) is 0 Å². The van der Waals surface area contributed by atoms with Crippen LogP contribution < -0.4 is 0 Å². The van der Waals surface area contributed by atoms with Gasteiger partial charge in [-0.15, -0.1) is 0 Å². The molecule has 0 atom stereocenters. The van der Waals surface area contributed by atoms with E-state index in [-0.39, 0.29) is 5.97 Å². The van der Waals surface area contributed by atoms with Crippen LogP contribution in [-0.2, 0) is 9.28 Å². The van der Waals surface area contributed by atoms with Crippen LogP contribution in [0, 0.1) is 0 Å². The van der Waals surface area contributed by atoms with Crippen LogP contribution in [0.3, 0.4) is 0 Å². The number of carbonyl (C=O) groups excluding carboxylic acids is 1. The predicted octanol–water partition coefficient (Wildman–Crippen LogP) is -0.816. The first-order valence-corrected chi connectivity index (χ1v) is 5.02. The molecular formula is C2H3O3Sn2. The van der Waals surface area contributed by atoms with Crippen LogP contribution in [-0.4, -0.2) is 50.9 Å². The minimum atomic E-state index is -1.17. The molecule has 0 bridgehead atoms. The van der Waals surface area contributed by atoms with Crippen LogP contribution in [0.15, 0.2) is 0 Å². The van der Waals surface area contributed by atoms with Crippen molar-refractivity contribution < 1.29 is 9.28 Å². The Labute approximate surface area is 66.7 Å². The summed E-state index contributed by atoms with van der Waals surface area (Å²) in [6.45, 7) is 1.38. The molecule has 5 radical (unpaired) electrons. The Hall–Kier alpha value is 1.03. The average molecular weight is 312 g/mol. The molecule has 7 heavy (non-hydrogen) atoms. The molecule has 0 aliphatic rings. The van der Waals surface area contributed by atoms with Crippen molar-refractivity contribution in [3.05, 3.63) is 0 Å². The van der Waals surface area contributed by atoms with Crippen molar-refractivity contribution in [3.8, 4) is 0 Å². The minimum absolute atomic E-state index is 0.228. The summed E-state index contributed by atoms with van der Waals surface area (Å²) < 4.78 is 9.19. The van der Waals surface area contributed by atoms with Gasteiger partial charge in [0.25, 0.3) is 0 Å². The Morgan fingerprint density at radius 2 is 2.43 bits per heavy atom. The molecule has 0 aromatic heterocycles. The van der Waals surface area contributed by atoms with E-state index in [4.69, 9.17) is 0 Å². The van der Waals surface area contributed by atoms with Gasteiger partial charge in [0.1, 0.15) is 0 Å². The second-order valence-electron chi connectivity index (χ2n) is 0.779. The van der Waals surface area contributed by atoms with Crippen LogP contribution in [0.4, 0.5) is 0 Å². The molecular weight excluding hydrogens is 309 g/mol. The zero-order chi connectivity index (χ0) is 5.70. The van der Waals surface area contributed by atoms with Crippen molar-refractivity contribution in [3.63, 3.8) is 0 Å². The molecule has 0 aromatic rings. The van der Waals surface area contributed by atoms with Crippen LogP contribution in [0.25, 0.3) is 0 Å². The van der Waals surface area contributed by atoms with E-state index >= 15 is 0 Å². The van der Waals surface area contributed by atoms with E-state index in [1.807, 2.05) is 0 Å². The molecule has 5 heteroatoms. The molecule has 0 spiro atoms. The monoisotopic (exact) mass is 315 g/mol. The molecule has 0 saturated carbocycles. The first kappa shape index (κ1) is 8.03. The second-order valence-corrected chi connectivity index (χ2v) is 6.33. The zero-order valence-electron chi connectivity index (χ0n) is 3.72. The predicted molar refractivity (Wildman–Crippen MR) is 24.4 cm³/mol. The Morgan fingerprint density at radius 3 is 2.57 bits per heavy atom. The third-order valence-electron chi connectivity index (χ3n) is 0.227. The van der Waals surface area contributed by atoms with E-state index in [9.17, 15) is 4.79 Å². The molecule has 0 amide bonds. The van der Waals surface area contributed by atoms with Crippen molar-refractivity contribution in [1.29, 1.82) is 0 Å². The van der Waals surface area contributed by atoms with E-state index < -0.39 is 22.0 Å². The standard InChI is InChI=1S/C2H4O2.O.2Sn/c1-2(3)4;;;/h1H3,(H,3,4);;;/q;;;+1/p-1. The summed E-state index contributed by atoms with van der Waals surface area (Å²) in [7, 11) is 0. The number of hydrogen-bond acceptors (Lipinski definition) is 3. The molecule has 3 nitrogen and oxygen atoms in total. The van der Waals surface area contributed by atoms with Gasteiger partial charge in [-0.05, 0) is 0 Å². The van der Waals surface area contributed by atoms with Crippen molar-refractivity contribution in [1.82, 2.24) is 0 Å². The van der Waals surface area contributed by atoms with Crippen molar-refractivity contribution >= 4 is 50.9 Å². The van der Waals surface area contributed by atoms with Crippen LogP contribution in [0.2, 0.25) is 0 Å². The first-order chi connectivity index (χ1) is 3.27. The van der Waals surface area contributed by atoms with Gasteiger partial charge in [-0.2, -0.15) is 0 Å². The van der Waals surface area contributed by atoms with Gasteiger partial charge < -0.3 is 0 Å². The molecule has 0 N–H and O–H groups in total. The Bertz CT molecular complexity index is 64.0. The molecule has 0 heterocycles. The summed E-state index contributed by atoms with van der Waals surface area (Å²) >= 11 is -0.175.